The van der Waals surface area contributed by atoms with Crippen LogP contribution in [0.2, 0.25) is 0 Å². The summed E-state index contributed by atoms with van der Waals surface area (Å²) in [5.41, 5.74) is 0.398. The van der Waals surface area contributed by atoms with Crippen LogP contribution >= 0.6 is 0 Å². The Morgan fingerprint density at radius 1 is 1.29 bits per heavy atom. The Labute approximate surface area is 96.7 Å². The molecule has 0 aromatic heterocycles. The van der Waals surface area contributed by atoms with Crippen LogP contribution in [0.1, 0.15) is 15.9 Å². The number of hydrogen-bond donors (Lipinski definition) is 0. The van der Waals surface area contributed by atoms with E-state index in [0.717, 1.165) is 5.06 Å². The molecule has 6 heteroatoms. The van der Waals surface area contributed by atoms with E-state index in [9.17, 15) is 18.0 Å². The Hall–Kier alpha value is -1.56. The predicted molar refractivity (Wildman–Crippen MR) is 55.3 cm³/mol. The molecule has 3 nitrogen and oxygen atoms in total. The zero-order valence-electron chi connectivity index (χ0n) is 9.41. The average molecular weight is 247 g/mol. The summed E-state index contributed by atoms with van der Waals surface area (Å²) in [5.74, 6) is -0.411. The van der Waals surface area contributed by atoms with E-state index in [1.165, 1.54) is 38.4 Å². The maximum atomic E-state index is 12.1. The van der Waals surface area contributed by atoms with E-state index in [2.05, 4.69) is 4.84 Å². The third kappa shape index (κ3) is 4.07. The average Bonchev–Trinajstić information content (AvgIpc) is 2.26. The van der Waals surface area contributed by atoms with E-state index in [-0.39, 0.29) is 11.1 Å². The van der Waals surface area contributed by atoms with Crippen molar-refractivity contribution in [2.75, 3.05) is 14.2 Å². The fourth-order valence-corrected chi connectivity index (χ4v) is 1.26. The molecule has 1 aromatic rings. The van der Waals surface area contributed by atoms with Gasteiger partial charge in [0.2, 0.25) is 0 Å². The van der Waals surface area contributed by atoms with Crippen LogP contribution in [0.15, 0.2) is 24.3 Å². The lowest BCUT2D eigenvalue weighted by Gasteiger charge is -2.13. The van der Waals surface area contributed by atoms with Gasteiger partial charge in [-0.2, -0.15) is 13.2 Å². The van der Waals surface area contributed by atoms with Crippen LogP contribution in [0, 0.1) is 0 Å². The molecule has 1 rings (SSSR count). The number of halogens is 3. The summed E-state index contributed by atoms with van der Waals surface area (Å²) >= 11 is 0. The third-order valence-electron chi connectivity index (χ3n) is 2.17. The Kier molecular flexibility index (Phi) is 4.11. The number of alkyl halides is 3. The quantitative estimate of drug-likeness (QED) is 0.768. The molecule has 0 atom stereocenters. The lowest BCUT2D eigenvalue weighted by molar-refractivity contribution is -0.127. The van der Waals surface area contributed by atoms with Gasteiger partial charge >= 0.3 is 6.18 Å². The predicted octanol–water partition coefficient (Wildman–Crippen LogP) is 2.42. The second-order valence-corrected chi connectivity index (χ2v) is 3.47. The van der Waals surface area contributed by atoms with Gasteiger partial charge in [-0.15, -0.1) is 0 Å². The van der Waals surface area contributed by atoms with E-state index in [4.69, 9.17) is 0 Å². The van der Waals surface area contributed by atoms with Crippen molar-refractivity contribution >= 4 is 5.91 Å². The first kappa shape index (κ1) is 13.5. The maximum Gasteiger partial charge on any atom is 0.393 e. The van der Waals surface area contributed by atoms with Crippen LogP contribution in [-0.2, 0) is 11.3 Å². The van der Waals surface area contributed by atoms with Gasteiger partial charge < -0.3 is 0 Å². The van der Waals surface area contributed by atoms with E-state index in [1.54, 1.807) is 0 Å². The Balaban J connectivity index is 2.78. The SMILES string of the molecule is CON(C)C(=O)c1ccc(CC(F)(F)F)cc1. The highest BCUT2D eigenvalue weighted by Crippen LogP contribution is 2.21. The second kappa shape index (κ2) is 5.18. The van der Waals surface area contributed by atoms with Gasteiger partial charge in [-0.05, 0) is 17.7 Å². The normalized spacial score (nSPS) is 11.4. The van der Waals surface area contributed by atoms with Crippen molar-refractivity contribution in [3.05, 3.63) is 35.4 Å². The zero-order chi connectivity index (χ0) is 13.1. The third-order valence-corrected chi connectivity index (χ3v) is 2.17. The number of rotatable bonds is 3. The molecule has 0 aliphatic heterocycles. The minimum atomic E-state index is -4.24. The van der Waals surface area contributed by atoms with Crippen molar-refractivity contribution in [2.24, 2.45) is 0 Å². The van der Waals surface area contributed by atoms with Crippen LogP contribution in [-0.4, -0.2) is 31.3 Å². The molecule has 0 radical (unpaired) electrons. The van der Waals surface area contributed by atoms with Crippen LogP contribution in [0.4, 0.5) is 13.2 Å². The molecule has 94 valence electrons. The standard InChI is InChI=1S/C11H12F3NO2/c1-15(17-2)10(16)9-5-3-8(4-6-9)7-11(12,13)14/h3-6H,7H2,1-2H3. The summed E-state index contributed by atoms with van der Waals surface area (Å²) in [6.07, 6.45) is -5.24. The van der Waals surface area contributed by atoms with Crippen molar-refractivity contribution in [1.82, 2.24) is 5.06 Å². The minimum Gasteiger partial charge on any atom is -0.274 e. The van der Waals surface area contributed by atoms with Crippen molar-refractivity contribution < 1.29 is 22.8 Å². The molecule has 0 aliphatic carbocycles. The van der Waals surface area contributed by atoms with Crippen LogP contribution < -0.4 is 0 Å². The van der Waals surface area contributed by atoms with Gasteiger partial charge in [0.15, 0.2) is 0 Å². The smallest absolute Gasteiger partial charge is 0.274 e. The summed E-state index contributed by atoms with van der Waals surface area (Å²) in [7, 11) is 2.75. The second-order valence-electron chi connectivity index (χ2n) is 3.47. The molecule has 0 spiro atoms. The largest absolute Gasteiger partial charge is 0.393 e. The topological polar surface area (TPSA) is 29.5 Å². The summed E-state index contributed by atoms with van der Waals surface area (Å²) in [4.78, 5) is 16.2. The highest BCUT2D eigenvalue weighted by atomic mass is 19.4. The van der Waals surface area contributed by atoms with Gasteiger partial charge in [-0.25, -0.2) is 5.06 Å². The van der Waals surface area contributed by atoms with Crippen molar-refractivity contribution in [3.63, 3.8) is 0 Å². The number of amides is 1. The molecule has 17 heavy (non-hydrogen) atoms. The monoisotopic (exact) mass is 247 g/mol. The number of carbonyl (C=O) groups is 1. The number of benzene rings is 1. The fraction of sp³-hybridized carbons (Fsp3) is 0.364. The van der Waals surface area contributed by atoms with Gasteiger partial charge in [0, 0.05) is 12.6 Å². The Bertz CT molecular complexity index is 387. The molecule has 0 saturated heterocycles. The number of carbonyl (C=O) groups excluding carboxylic acids is 1. The summed E-state index contributed by atoms with van der Waals surface area (Å²) < 4.78 is 36.3. The van der Waals surface area contributed by atoms with Crippen molar-refractivity contribution in [3.8, 4) is 0 Å². The summed E-state index contributed by atoms with van der Waals surface area (Å²) in [6, 6.07) is 5.26. The lowest BCUT2D eigenvalue weighted by atomic mass is 10.1. The molecule has 1 aromatic carbocycles. The zero-order valence-corrected chi connectivity index (χ0v) is 9.41. The first-order valence-corrected chi connectivity index (χ1v) is 4.81. The van der Waals surface area contributed by atoms with Gasteiger partial charge in [0.05, 0.1) is 13.5 Å². The summed E-state index contributed by atoms with van der Waals surface area (Å²) in [6.45, 7) is 0. The highest BCUT2D eigenvalue weighted by molar-refractivity contribution is 5.93. The Morgan fingerprint density at radius 2 is 1.82 bits per heavy atom. The number of hydroxylamine groups is 2. The molecule has 0 bridgehead atoms. The minimum absolute atomic E-state index is 0.120. The van der Waals surface area contributed by atoms with E-state index < -0.39 is 18.5 Å². The van der Waals surface area contributed by atoms with Crippen LogP contribution in [0.5, 0.6) is 0 Å². The van der Waals surface area contributed by atoms with Crippen LogP contribution in [0.25, 0.3) is 0 Å². The Morgan fingerprint density at radius 3 is 2.24 bits per heavy atom. The van der Waals surface area contributed by atoms with E-state index in [0.29, 0.717) is 0 Å². The van der Waals surface area contributed by atoms with Gasteiger partial charge in [-0.3, -0.25) is 9.63 Å². The molecular formula is C11H12F3NO2. The molecule has 0 saturated carbocycles. The van der Waals surface area contributed by atoms with Crippen molar-refractivity contribution in [1.29, 1.82) is 0 Å². The number of nitrogens with zero attached hydrogens (tertiary/aromatic N) is 1. The molecule has 0 unspecified atom stereocenters. The van der Waals surface area contributed by atoms with Gasteiger partial charge in [0.1, 0.15) is 0 Å². The highest BCUT2D eigenvalue weighted by Gasteiger charge is 2.27. The lowest BCUT2D eigenvalue weighted by Crippen LogP contribution is -2.25. The first-order chi connectivity index (χ1) is 7.83. The molecule has 0 N–H and O–H groups in total. The molecular weight excluding hydrogens is 235 g/mol. The van der Waals surface area contributed by atoms with Crippen LogP contribution in [0.3, 0.4) is 0 Å². The van der Waals surface area contributed by atoms with Gasteiger partial charge in [0.25, 0.3) is 5.91 Å². The van der Waals surface area contributed by atoms with Gasteiger partial charge in [-0.1, -0.05) is 12.1 Å². The van der Waals surface area contributed by atoms with E-state index >= 15 is 0 Å². The first-order valence-electron chi connectivity index (χ1n) is 4.81. The molecule has 1 amide bonds. The molecule has 0 heterocycles. The number of hydrogen-bond acceptors (Lipinski definition) is 2. The summed E-state index contributed by atoms with van der Waals surface area (Å²) in [5, 5.41) is 0.999. The van der Waals surface area contributed by atoms with E-state index in [1.807, 2.05) is 0 Å². The van der Waals surface area contributed by atoms with Crippen molar-refractivity contribution in [2.45, 2.75) is 12.6 Å². The molecule has 0 aliphatic rings. The fourth-order valence-electron chi connectivity index (χ4n) is 1.26. The molecule has 0 fully saturated rings. The maximum absolute atomic E-state index is 12.1.